The van der Waals surface area contributed by atoms with E-state index in [1.165, 1.54) is 5.19 Å². The van der Waals surface area contributed by atoms with Gasteiger partial charge in [0.15, 0.2) is 0 Å². The van der Waals surface area contributed by atoms with Crippen LogP contribution in [-0.4, -0.2) is 14.9 Å². The van der Waals surface area contributed by atoms with Crippen LogP contribution >= 0.6 is 0 Å². The zero-order valence-electron chi connectivity index (χ0n) is 9.70. The van der Waals surface area contributed by atoms with Gasteiger partial charge in [-0.05, 0) is 24.2 Å². The van der Waals surface area contributed by atoms with Gasteiger partial charge >= 0.3 is 0 Å². The van der Waals surface area contributed by atoms with E-state index in [1.807, 2.05) is 6.08 Å². The minimum atomic E-state index is -1.76. The Kier molecular flexibility index (Phi) is 4.79. The van der Waals surface area contributed by atoms with Crippen LogP contribution in [0, 0.1) is 0 Å². The second-order valence-corrected chi connectivity index (χ2v) is 7.61. The van der Waals surface area contributed by atoms with Gasteiger partial charge in [0.25, 0.3) is 0 Å². The molecule has 0 bridgehead atoms. The van der Waals surface area contributed by atoms with Gasteiger partial charge in [0.1, 0.15) is 0 Å². The summed E-state index contributed by atoms with van der Waals surface area (Å²) in [7, 11) is -1.76. The van der Waals surface area contributed by atoms with Gasteiger partial charge in [-0.25, -0.2) is 0 Å². The van der Waals surface area contributed by atoms with Gasteiger partial charge < -0.3 is 4.43 Å². The fourth-order valence-corrected chi connectivity index (χ4v) is 5.20. The van der Waals surface area contributed by atoms with Crippen LogP contribution in [0.15, 0.2) is 43.0 Å². The van der Waals surface area contributed by atoms with E-state index in [0.29, 0.717) is 0 Å². The lowest BCUT2D eigenvalue weighted by atomic mass is 10.4. The van der Waals surface area contributed by atoms with Gasteiger partial charge in [-0.15, -0.1) is 6.58 Å². The molecule has 1 unspecified atom stereocenters. The van der Waals surface area contributed by atoms with Gasteiger partial charge in [0.05, 0.1) is 0 Å². The second kappa shape index (κ2) is 5.88. The summed E-state index contributed by atoms with van der Waals surface area (Å²) in [4.78, 5) is 0. The van der Waals surface area contributed by atoms with Crippen molar-refractivity contribution in [2.24, 2.45) is 0 Å². The molecule has 1 nitrogen and oxygen atoms in total. The summed E-state index contributed by atoms with van der Waals surface area (Å²) in [6.07, 6.45) is 2.00. The van der Waals surface area contributed by atoms with E-state index in [-0.39, 0.29) is 0 Å². The highest BCUT2D eigenvalue weighted by Gasteiger charge is 2.33. The molecule has 1 aromatic carbocycles. The van der Waals surface area contributed by atoms with Gasteiger partial charge in [0.2, 0.25) is 8.32 Å². The highest BCUT2D eigenvalue weighted by molar-refractivity contribution is 6.86. The van der Waals surface area contributed by atoms with E-state index in [4.69, 9.17) is 4.43 Å². The molecule has 0 heterocycles. The van der Waals surface area contributed by atoms with Crippen LogP contribution in [0.5, 0.6) is 0 Å². The molecule has 1 rings (SSSR count). The molecule has 1 atom stereocenters. The molecule has 0 fully saturated rings. The van der Waals surface area contributed by atoms with Crippen molar-refractivity contribution in [1.29, 1.82) is 0 Å². The van der Waals surface area contributed by atoms with E-state index >= 15 is 0 Å². The van der Waals surface area contributed by atoms with Crippen molar-refractivity contribution >= 4 is 13.5 Å². The Morgan fingerprint density at radius 2 is 1.93 bits per heavy atom. The highest BCUT2D eigenvalue weighted by atomic mass is 28.4. The van der Waals surface area contributed by atoms with Crippen molar-refractivity contribution in [3.05, 3.63) is 43.0 Å². The highest BCUT2D eigenvalue weighted by Crippen LogP contribution is 2.17. The predicted molar refractivity (Wildman–Crippen MR) is 68.9 cm³/mol. The predicted octanol–water partition coefficient (Wildman–Crippen LogP) is 3.08. The first kappa shape index (κ1) is 12.2. The van der Waals surface area contributed by atoms with E-state index in [0.717, 1.165) is 18.7 Å². The average molecular weight is 220 g/mol. The molecular formula is C13H20OSi. The van der Waals surface area contributed by atoms with Crippen molar-refractivity contribution in [2.45, 2.75) is 25.9 Å². The largest absolute Gasteiger partial charge is 0.412 e. The summed E-state index contributed by atoms with van der Waals surface area (Å²) < 4.78 is 6.07. The first-order chi connectivity index (χ1) is 7.29. The van der Waals surface area contributed by atoms with Gasteiger partial charge in [0, 0.05) is 6.61 Å². The number of benzene rings is 1. The maximum Gasteiger partial charge on any atom is 0.227 e. The Balaban J connectivity index is 3.02. The molecule has 0 saturated carbocycles. The summed E-state index contributed by atoms with van der Waals surface area (Å²) in [5.41, 5.74) is 0. The molecule has 0 saturated heterocycles. The van der Waals surface area contributed by atoms with Gasteiger partial charge in [-0.2, -0.15) is 0 Å². The quantitative estimate of drug-likeness (QED) is 0.529. The fourth-order valence-electron chi connectivity index (χ4n) is 1.96. The molecule has 0 aromatic heterocycles. The van der Waals surface area contributed by atoms with E-state index in [9.17, 15) is 0 Å². The van der Waals surface area contributed by atoms with Crippen LogP contribution in [-0.2, 0) is 4.43 Å². The Morgan fingerprint density at radius 1 is 1.27 bits per heavy atom. The Bertz CT molecular complexity index is 297. The van der Waals surface area contributed by atoms with Crippen LogP contribution in [0.3, 0.4) is 0 Å². The lowest BCUT2D eigenvalue weighted by Gasteiger charge is -2.29. The summed E-state index contributed by atoms with van der Waals surface area (Å²) >= 11 is 0. The molecule has 2 heteroatoms. The van der Waals surface area contributed by atoms with Crippen molar-refractivity contribution in [1.82, 2.24) is 0 Å². The Labute approximate surface area is 93.9 Å². The monoisotopic (exact) mass is 220 g/mol. The average Bonchev–Trinajstić information content (AvgIpc) is 2.30. The summed E-state index contributed by atoms with van der Waals surface area (Å²) in [6.45, 7) is 8.94. The minimum absolute atomic E-state index is 0.794. The normalized spacial score (nSPS) is 14.5. The topological polar surface area (TPSA) is 9.23 Å². The molecule has 0 radical (unpaired) electrons. The first-order valence-corrected chi connectivity index (χ1v) is 7.91. The van der Waals surface area contributed by atoms with Crippen LogP contribution < -0.4 is 5.19 Å². The minimum Gasteiger partial charge on any atom is -0.412 e. The molecule has 0 aliphatic heterocycles. The SMILES string of the molecule is C=CC[Si](CC)(OCC)c1ccccc1. The number of rotatable bonds is 6. The third kappa shape index (κ3) is 2.80. The third-order valence-corrected chi connectivity index (χ3v) is 7.08. The molecule has 0 N–H and O–H groups in total. The standard InChI is InChI=1S/C13H20OSi/c1-4-12-15(6-3,14-5-2)13-10-8-7-9-11-13/h4,7-11H,1,5-6,12H2,2-3H3. The zero-order valence-corrected chi connectivity index (χ0v) is 10.7. The maximum atomic E-state index is 6.07. The molecule has 0 amide bonds. The second-order valence-electron chi connectivity index (χ2n) is 3.64. The van der Waals surface area contributed by atoms with E-state index in [1.54, 1.807) is 0 Å². The Morgan fingerprint density at radius 3 is 2.40 bits per heavy atom. The zero-order chi connectivity index (χ0) is 11.1. The van der Waals surface area contributed by atoms with Gasteiger partial charge in [-0.1, -0.05) is 43.3 Å². The van der Waals surface area contributed by atoms with Crippen molar-refractivity contribution in [3.63, 3.8) is 0 Å². The smallest absolute Gasteiger partial charge is 0.227 e. The molecule has 0 aliphatic rings. The maximum absolute atomic E-state index is 6.07. The number of hydrogen-bond donors (Lipinski definition) is 0. The Hall–Kier alpha value is -0.863. The van der Waals surface area contributed by atoms with Crippen LogP contribution in [0.25, 0.3) is 0 Å². The molecule has 1 aromatic rings. The lowest BCUT2D eigenvalue weighted by Crippen LogP contribution is -2.49. The van der Waals surface area contributed by atoms with Crippen LogP contribution in [0.1, 0.15) is 13.8 Å². The number of allylic oxidation sites excluding steroid dienone is 1. The number of hydrogen-bond acceptors (Lipinski definition) is 1. The molecular weight excluding hydrogens is 200 g/mol. The van der Waals surface area contributed by atoms with Crippen molar-refractivity contribution in [3.8, 4) is 0 Å². The summed E-state index contributed by atoms with van der Waals surface area (Å²) in [5.74, 6) is 0. The first-order valence-electron chi connectivity index (χ1n) is 5.59. The molecule has 15 heavy (non-hydrogen) atoms. The summed E-state index contributed by atoms with van der Waals surface area (Å²) in [5, 5.41) is 1.38. The van der Waals surface area contributed by atoms with E-state index < -0.39 is 8.32 Å². The van der Waals surface area contributed by atoms with Crippen LogP contribution in [0.4, 0.5) is 0 Å². The van der Waals surface area contributed by atoms with Crippen molar-refractivity contribution in [2.75, 3.05) is 6.61 Å². The lowest BCUT2D eigenvalue weighted by molar-refractivity contribution is 0.332. The molecule has 82 valence electrons. The third-order valence-electron chi connectivity index (χ3n) is 2.77. The van der Waals surface area contributed by atoms with Gasteiger partial charge in [-0.3, -0.25) is 0 Å². The van der Waals surface area contributed by atoms with Crippen molar-refractivity contribution < 1.29 is 4.43 Å². The molecule has 0 aliphatic carbocycles. The molecule has 0 spiro atoms. The summed E-state index contributed by atoms with van der Waals surface area (Å²) in [6, 6.07) is 12.7. The van der Waals surface area contributed by atoms with Crippen LogP contribution in [0.2, 0.25) is 12.1 Å². The fraction of sp³-hybridized carbons (Fsp3) is 0.385. The van der Waals surface area contributed by atoms with E-state index in [2.05, 4.69) is 50.8 Å².